The molecule has 0 N–H and O–H groups in total. The molecule has 4 heterocycles. The number of benzene rings is 4. The number of rotatable bonds is 6. The molecular formula is C38H32FN3O2P+. The number of aromatic nitrogens is 2. The van der Waals surface area contributed by atoms with Crippen molar-refractivity contribution in [3.63, 3.8) is 0 Å². The van der Waals surface area contributed by atoms with Gasteiger partial charge >= 0.3 is 0 Å². The molecule has 4 aromatic carbocycles. The van der Waals surface area contributed by atoms with Gasteiger partial charge in [0.25, 0.3) is 16.9 Å². The van der Waals surface area contributed by atoms with Gasteiger partial charge < -0.3 is 13.9 Å². The highest BCUT2D eigenvalue weighted by molar-refractivity contribution is 8.01. The van der Waals surface area contributed by atoms with Gasteiger partial charge in [0.05, 0.1) is 0 Å². The summed E-state index contributed by atoms with van der Waals surface area (Å²) in [6.45, 7) is 2.15. The van der Waals surface area contributed by atoms with Crippen molar-refractivity contribution in [1.82, 2.24) is 9.55 Å². The first-order valence-corrected chi connectivity index (χ1v) is 17.2. The average Bonchev–Trinajstić information content (AvgIpc) is 3.53. The van der Waals surface area contributed by atoms with Crippen molar-refractivity contribution in [2.24, 2.45) is 5.92 Å². The minimum atomic E-state index is -2.60. The Hall–Kier alpha value is -4.80. The summed E-state index contributed by atoms with van der Waals surface area (Å²) in [5, 5.41) is 3.53. The van der Waals surface area contributed by atoms with Gasteiger partial charge in [-0.2, -0.15) is 4.98 Å². The molecule has 2 bridgehead atoms. The van der Waals surface area contributed by atoms with Gasteiger partial charge in [0.15, 0.2) is 7.26 Å². The van der Waals surface area contributed by atoms with Crippen LogP contribution in [0.4, 0.5) is 10.3 Å². The fourth-order valence-corrected chi connectivity index (χ4v) is 11.5. The van der Waals surface area contributed by atoms with E-state index in [9.17, 15) is 9.18 Å². The number of hydrogen-bond donors (Lipinski definition) is 0. The van der Waals surface area contributed by atoms with Crippen LogP contribution in [0.15, 0.2) is 143 Å². The topological polar surface area (TPSA) is 51.3 Å². The molecule has 0 radical (unpaired) electrons. The summed E-state index contributed by atoms with van der Waals surface area (Å²) < 4.78 is 22.9. The number of nitrogens with zero attached hydrogens (tertiary/aromatic N) is 3. The van der Waals surface area contributed by atoms with Crippen LogP contribution in [0.5, 0.6) is 0 Å². The summed E-state index contributed by atoms with van der Waals surface area (Å²) in [5.41, 5.74) is 2.77. The second-order valence-electron chi connectivity index (χ2n) is 11.9. The van der Waals surface area contributed by atoms with E-state index in [4.69, 9.17) is 9.40 Å². The molecule has 1 saturated heterocycles. The monoisotopic (exact) mass is 612 g/mol. The molecule has 5 nitrogen and oxygen atoms in total. The van der Waals surface area contributed by atoms with E-state index in [-0.39, 0.29) is 17.3 Å². The van der Waals surface area contributed by atoms with E-state index < -0.39 is 7.26 Å². The molecule has 0 aliphatic carbocycles. The quantitative estimate of drug-likeness (QED) is 0.221. The van der Waals surface area contributed by atoms with E-state index in [1.807, 2.05) is 28.8 Å². The van der Waals surface area contributed by atoms with Crippen molar-refractivity contribution in [1.29, 1.82) is 0 Å². The van der Waals surface area contributed by atoms with Gasteiger partial charge in [0.2, 0.25) is 5.89 Å². The Bertz CT molecular complexity index is 1910. The summed E-state index contributed by atoms with van der Waals surface area (Å²) >= 11 is 0. The molecule has 2 atom stereocenters. The molecule has 0 saturated carbocycles. The van der Waals surface area contributed by atoms with Gasteiger partial charge in [0.1, 0.15) is 21.7 Å². The van der Waals surface area contributed by atoms with Crippen LogP contribution in [-0.4, -0.2) is 22.6 Å². The van der Waals surface area contributed by atoms with Crippen molar-refractivity contribution < 1.29 is 8.81 Å². The molecule has 2 aliphatic rings. The molecule has 0 spiro atoms. The van der Waals surface area contributed by atoms with Crippen LogP contribution in [0.2, 0.25) is 0 Å². The molecule has 7 heteroatoms. The van der Waals surface area contributed by atoms with Crippen LogP contribution in [0.3, 0.4) is 0 Å². The third kappa shape index (κ3) is 4.72. The van der Waals surface area contributed by atoms with E-state index in [1.54, 1.807) is 18.2 Å². The van der Waals surface area contributed by atoms with Gasteiger partial charge in [-0.1, -0.05) is 60.7 Å². The molecule has 0 unspecified atom stereocenters. The molecular weight excluding hydrogens is 580 g/mol. The minimum Gasteiger partial charge on any atom is -0.416 e. The van der Waals surface area contributed by atoms with Crippen molar-refractivity contribution >= 4 is 34.5 Å². The second-order valence-corrected chi connectivity index (χ2v) is 15.2. The van der Waals surface area contributed by atoms with E-state index in [2.05, 4.69) is 83.8 Å². The van der Waals surface area contributed by atoms with Gasteiger partial charge in [-0.25, -0.2) is 4.39 Å². The van der Waals surface area contributed by atoms with E-state index >= 15 is 0 Å². The maximum atomic E-state index is 14.0. The lowest BCUT2D eigenvalue weighted by molar-refractivity contribution is 0.275. The third-order valence-corrected chi connectivity index (χ3v) is 13.3. The molecule has 222 valence electrons. The fraction of sp³-hybridized carbons (Fsp3) is 0.158. The van der Waals surface area contributed by atoms with Crippen LogP contribution >= 0.6 is 7.26 Å². The standard InChI is InChI=1S/C38H32FN3O2P/c39-30-21-19-28(20-22-30)36-40-37(38(44-36)41-24-27-23-29(26-41)34-17-10-18-35(43)42(34)25-27)45(31-11-4-1-5-12-31,32-13-6-2-7-14-32)33-15-8-3-9-16-33/h1-22,27,29H,23-26H2/q+1/t27-,29-/m1/s1. The number of halogens is 1. The van der Waals surface area contributed by atoms with E-state index in [0.29, 0.717) is 24.9 Å². The minimum absolute atomic E-state index is 0.0665. The largest absolute Gasteiger partial charge is 0.416 e. The van der Waals surface area contributed by atoms with Crippen LogP contribution in [0.1, 0.15) is 18.0 Å². The first kappa shape index (κ1) is 27.7. The van der Waals surface area contributed by atoms with Crippen molar-refractivity contribution in [2.75, 3.05) is 18.0 Å². The predicted octanol–water partition coefficient (Wildman–Crippen LogP) is 5.89. The zero-order chi connectivity index (χ0) is 30.4. The molecule has 45 heavy (non-hydrogen) atoms. The van der Waals surface area contributed by atoms with Gasteiger partial charge in [-0.15, -0.1) is 0 Å². The lowest BCUT2D eigenvalue weighted by Crippen LogP contribution is -2.49. The Balaban J connectivity index is 1.39. The van der Waals surface area contributed by atoms with Crippen LogP contribution in [0.25, 0.3) is 11.5 Å². The Labute approximate surface area is 262 Å². The first-order chi connectivity index (χ1) is 22.1. The third-order valence-electron chi connectivity index (χ3n) is 9.20. The SMILES string of the molecule is O=c1cccc2n1C[C@@H]1C[C@@H]2CN(c2oc(-c3ccc(F)cc3)nc2[P+](c2ccccc2)(c2ccccc2)c2ccccc2)C1. The van der Waals surface area contributed by atoms with Gasteiger partial charge in [-0.05, 0) is 79.1 Å². The lowest BCUT2D eigenvalue weighted by atomic mass is 9.83. The Morgan fingerprint density at radius 1 is 0.689 bits per heavy atom. The van der Waals surface area contributed by atoms with Crippen molar-refractivity contribution in [3.8, 4) is 11.5 Å². The number of anilines is 1. The molecule has 8 rings (SSSR count). The number of fused-ring (bicyclic) bond motifs is 4. The predicted molar refractivity (Wildman–Crippen MR) is 180 cm³/mol. The Morgan fingerprint density at radius 2 is 1.29 bits per heavy atom. The van der Waals surface area contributed by atoms with Gasteiger partial charge in [-0.3, -0.25) is 4.79 Å². The molecule has 1 fully saturated rings. The first-order valence-electron chi connectivity index (χ1n) is 15.4. The summed E-state index contributed by atoms with van der Waals surface area (Å²) in [7, 11) is -2.60. The molecule has 0 amide bonds. The summed E-state index contributed by atoms with van der Waals surface area (Å²) in [5.74, 6) is 1.40. The smallest absolute Gasteiger partial charge is 0.262 e. The van der Waals surface area contributed by atoms with E-state index in [0.717, 1.165) is 35.5 Å². The van der Waals surface area contributed by atoms with E-state index in [1.165, 1.54) is 28.0 Å². The summed E-state index contributed by atoms with van der Waals surface area (Å²) in [6.07, 6.45) is 1.03. The highest BCUT2D eigenvalue weighted by Crippen LogP contribution is 2.56. The second kappa shape index (κ2) is 11.3. The van der Waals surface area contributed by atoms with Crippen molar-refractivity contribution in [2.45, 2.75) is 18.9 Å². The maximum Gasteiger partial charge on any atom is 0.262 e. The van der Waals surface area contributed by atoms with Crippen molar-refractivity contribution in [3.05, 3.63) is 155 Å². The van der Waals surface area contributed by atoms with Crippen LogP contribution in [-0.2, 0) is 6.54 Å². The summed E-state index contributed by atoms with van der Waals surface area (Å²) in [6, 6.07) is 43.9. The number of piperidine rings is 1. The zero-order valence-corrected chi connectivity index (χ0v) is 25.6. The number of hydrogen-bond acceptors (Lipinski definition) is 4. The highest BCUT2D eigenvalue weighted by Gasteiger charge is 2.54. The molecule has 6 aromatic rings. The molecule has 2 aromatic heterocycles. The van der Waals surface area contributed by atoms with Gasteiger partial charge in [0, 0.05) is 42.9 Å². The maximum absolute atomic E-state index is 14.0. The number of pyridine rings is 1. The normalized spacial score (nSPS) is 17.6. The average molecular weight is 613 g/mol. The lowest BCUT2D eigenvalue weighted by Gasteiger charge is -2.42. The Kier molecular flexibility index (Phi) is 6.95. The van der Waals surface area contributed by atoms with Crippen LogP contribution < -0.4 is 31.8 Å². The Morgan fingerprint density at radius 3 is 1.89 bits per heavy atom. The molecule has 2 aliphatic heterocycles. The fourth-order valence-electron chi connectivity index (χ4n) is 7.28. The van der Waals surface area contributed by atoms with Crippen LogP contribution in [0, 0.1) is 11.7 Å². The highest BCUT2D eigenvalue weighted by atomic mass is 31.2. The zero-order valence-electron chi connectivity index (χ0n) is 24.7. The summed E-state index contributed by atoms with van der Waals surface area (Å²) in [4.78, 5) is 20.5. The number of oxazole rings is 1.